The Morgan fingerprint density at radius 3 is 2.38 bits per heavy atom. The van der Waals surface area contributed by atoms with Crippen LogP contribution in [0.1, 0.15) is 76.7 Å². The molecule has 2 aromatic carbocycles. The van der Waals surface area contributed by atoms with Gasteiger partial charge in [-0.05, 0) is 68.5 Å². The van der Waals surface area contributed by atoms with E-state index in [1.165, 1.54) is 12.1 Å². The van der Waals surface area contributed by atoms with Crippen LogP contribution in [-0.4, -0.2) is 43.9 Å². The molecule has 0 saturated carbocycles. The number of nitrogens with one attached hydrogen (secondary N) is 2. The summed E-state index contributed by atoms with van der Waals surface area (Å²) in [7, 11) is 0. The van der Waals surface area contributed by atoms with Gasteiger partial charge in [0.25, 0.3) is 0 Å². The minimum atomic E-state index is -0.793. The molecule has 0 heterocycles. The van der Waals surface area contributed by atoms with E-state index in [-0.39, 0.29) is 34.6 Å². The lowest BCUT2D eigenvalue weighted by Gasteiger charge is -2.31. The van der Waals surface area contributed by atoms with Crippen LogP contribution in [0.4, 0.5) is 0 Å². The predicted octanol–water partition coefficient (Wildman–Crippen LogP) is 7.00. The van der Waals surface area contributed by atoms with E-state index in [4.69, 9.17) is 12.2 Å². The summed E-state index contributed by atoms with van der Waals surface area (Å²) in [5.74, 6) is 0.0503. The minimum Gasteiger partial charge on any atom is -0.504 e. The lowest BCUT2D eigenvalue weighted by Crippen LogP contribution is -2.43. The van der Waals surface area contributed by atoms with E-state index in [0.717, 1.165) is 33.3 Å². The number of rotatable bonds is 15. The summed E-state index contributed by atoms with van der Waals surface area (Å²) in [4.78, 5) is 26.7. The van der Waals surface area contributed by atoms with E-state index in [0.29, 0.717) is 25.8 Å². The van der Waals surface area contributed by atoms with Gasteiger partial charge < -0.3 is 20.8 Å². The van der Waals surface area contributed by atoms with Gasteiger partial charge in [0.05, 0.1) is 0 Å². The third-order valence-electron chi connectivity index (χ3n) is 6.54. The summed E-state index contributed by atoms with van der Waals surface area (Å²) in [5, 5.41) is 25.3. The molecule has 0 aliphatic carbocycles. The molecular formula is C31H44N2O4S3. The first kappa shape index (κ1) is 34.0. The van der Waals surface area contributed by atoms with Gasteiger partial charge in [-0.15, -0.1) is 11.8 Å². The molecule has 2 atom stereocenters. The van der Waals surface area contributed by atoms with Crippen LogP contribution in [0.5, 0.6) is 11.5 Å². The Kier molecular flexibility index (Phi) is 14.3. The number of unbranched alkanes of at least 4 members (excludes halogenated alkanes) is 1. The quantitative estimate of drug-likeness (QED) is 0.0987. The standard InChI is InChI=1S/C31H44N2O4S3/c1-6-7-17-39-30(38)40-27(23-11-9-8-10-12-23)19-24(28(36)33-21(2)3)20-31(4,5)29(37)32-16-15-22-13-14-25(34)26(35)18-22/h8-14,18,21,24,27,34-35H,6-7,15-17,19-20H2,1-5H3,(H,32,37)(H,33,36). The monoisotopic (exact) mass is 604 g/mol. The maximum atomic E-state index is 13.4. The SMILES string of the molecule is CCCCSC(=S)SC(CC(CC(C)(C)C(=O)NCCc1ccc(O)c(O)c1)C(=O)NC(C)C)c1ccccc1. The van der Waals surface area contributed by atoms with Crippen molar-refractivity contribution in [2.45, 2.75) is 78.0 Å². The van der Waals surface area contributed by atoms with Gasteiger partial charge in [-0.3, -0.25) is 9.59 Å². The lowest BCUT2D eigenvalue weighted by atomic mass is 9.79. The first-order valence-corrected chi connectivity index (χ1v) is 16.2. The van der Waals surface area contributed by atoms with Crippen LogP contribution in [0.25, 0.3) is 0 Å². The second kappa shape index (κ2) is 16.9. The predicted molar refractivity (Wildman–Crippen MR) is 173 cm³/mol. The summed E-state index contributed by atoms with van der Waals surface area (Å²) in [6.07, 6.45) is 3.68. The van der Waals surface area contributed by atoms with Crippen molar-refractivity contribution in [3.63, 3.8) is 0 Å². The normalized spacial score (nSPS) is 13.1. The molecule has 0 saturated heterocycles. The van der Waals surface area contributed by atoms with Crippen molar-refractivity contribution in [3.05, 3.63) is 59.7 Å². The Morgan fingerprint density at radius 2 is 1.75 bits per heavy atom. The highest BCUT2D eigenvalue weighted by Crippen LogP contribution is 2.41. The Labute approximate surface area is 253 Å². The maximum absolute atomic E-state index is 13.4. The van der Waals surface area contributed by atoms with Gasteiger partial charge in [-0.25, -0.2) is 0 Å². The molecule has 0 aliphatic heterocycles. The van der Waals surface area contributed by atoms with Crippen LogP contribution < -0.4 is 10.6 Å². The average Bonchev–Trinajstić information content (AvgIpc) is 2.90. The number of benzene rings is 2. The van der Waals surface area contributed by atoms with Crippen molar-refractivity contribution in [3.8, 4) is 11.5 Å². The third-order valence-corrected chi connectivity index (χ3v) is 9.49. The average molecular weight is 605 g/mol. The molecule has 220 valence electrons. The maximum Gasteiger partial charge on any atom is 0.225 e. The molecule has 0 bridgehead atoms. The zero-order valence-electron chi connectivity index (χ0n) is 24.2. The van der Waals surface area contributed by atoms with Crippen LogP contribution in [0.15, 0.2) is 48.5 Å². The smallest absolute Gasteiger partial charge is 0.225 e. The molecule has 0 spiro atoms. The molecule has 0 radical (unpaired) electrons. The summed E-state index contributed by atoms with van der Waals surface area (Å²) in [6.45, 7) is 10.2. The minimum absolute atomic E-state index is 0.00762. The Morgan fingerprint density at radius 1 is 1.05 bits per heavy atom. The summed E-state index contributed by atoms with van der Waals surface area (Å²) < 4.78 is 0.877. The highest BCUT2D eigenvalue weighted by atomic mass is 32.2. The van der Waals surface area contributed by atoms with Gasteiger partial charge in [0, 0.05) is 29.2 Å². The number of hydrogen-bond acceptors (Lipinski definition) is 7. The summed E-state index contributed by atoms with van der Waals surface area (Å²) in [6, 6.07) is 14.8. The van der Waals surface area contributed by atoms with E-state index < -0.39 is 11.3 Å². The van der Waals surface area contributed by atoms with Crippen molar-refractivity contribution in [1.82, 2.24) is 10.6 Å². The third kappa shape index (κ3) is 11.7. The topological polar surface area (TPSA) is 98.7 Å². The Bertz CT molecular complexity index is 1110. The van der Waals surface area contributed by atoms with Gasteiger partial charge in [0.15, 0.2) is 11.5 Å². The Hall–Kier alpha value is -2.23. The van der Waals surface area contributed by atoms with E-state index in [1.54, 1.807) is 29.6 Å². The van der Waals surface area contributed by atoms with Crippen molar-refractivity contribution < 1.29 is 19.8 Å². The first-order valence-electron chi connectivity index (χ1n) is 13.9. The van der Waals surface area contributed by atoms with Crippen molar-refractivity contribution in [2.24, 2.45) is 11.3 Å². The van der Waals surface area contributed by atoms with E-state index in [9.17, 15) is 19.8 Å². The van der Waals surface area contributed by atoms with Crippen LogP contribution in [0.3, 0.4) is 0 Å². The summed E-state index contributed by atoms with van der Waals surface area (Å²) in [5.41, 5.74) is 1.13. The molecule has 9 heteroatoms. The van der Waals surface area contributed by atoms with E-state index in [2.05, 4.69) is 29.7 Å². The van der Waals surface area contributed by atoms with Crippen molar-refractivity contribution >= 4 is 51.1 Å². The largest absolute Gasteiger partial charge is 0.504 e. The van der Waals surface area contributed by atoms with Crippen LogP contribution >= 0.6 is 35.7 Å². The van der Waals surface area contributed by atoms with Gasteiger partial charge >= 0.3 is 0 Å². The highest BCUT2D eigenvalue weighted by Gasteiger charge is 2.35. The number of amides is 2. The summed E-state index contributed by atoms with van der Waals surface area (Å²) >= 11 is 9.05. The van der Waals surface area contributed by atoms with Crippen LogP contribution in [0, 0.1) is 11.3 Å². The number of carbonyl (C=O) groups excluding carboxylic acids is 2. The second-order valence-corrected chi connectivity index (χ2v) is 14.5. The molecule has 4 N–H and O–H groups in total. The molecule has 2 amide bonds. The molecule has 0 aromatic heterocycles. The zero-order valence-corrected chi connectivity index (χ0v) is 26.7. The van der Waals surface area contributed by atoms with Crippen LogP contribution in [0.2, 0.25) is 0 Å². The number of thiocarbonyl (C=S) groups is 1. The molecule has 2 aromatic rings. The van der Waals surface area contributed by atoms with E-state index >= 15 is 0 Å². The fourth-order valence-electron chi connectivity index (χ4n) is 4.31. The number of phenolic OH excluding ortho intramolecular Hbond substituents is 2. The number of carbonyl (C=O) groups is 2. The number of hydrogen-bond donors (Lipinski definition) is 4. The molecule has 2 rings (SSSR count). The van der Waals surface area contributed by atoms with E-state index in [1.807, 2.05) is 45.9 Å². The van der Waals surface area contributed by atoms with Crippen molar-refractivity contribution in [1.29, 1.82) is 0 Å². The number of aromatic hydroxyl groups is 2. The molecule has 0 fully saturated rings. The molecule has 40 heavy (non-hydrogen) atoms. The molecule has 0 aliphatic rings. The Balaban J connectivity index is 2.16. The fourth-order valence-corrected chi connectivity index (χ4v) is 7.23. The second-order valence-electron chi connectivity index (χ2n) is 11.0. The lowest BCUT2D eigenvalue weighted by molar-refractivity contribution is -0.132. The van der Waals surface area contributed by atoms with Gasteiger partial charge in [0.1, 0.15) is 3.53 Å². The fraction of sp³-hybridized carbons (Fsp3) is 0.516. The van der Waals surface area contributed by atoms with Gasteiger partial charge in [-0.2, -0.15) is 0 Å². The molecular weight excluding hydrogens is 561 g/mol. The molecule has 6 nitrogen and oxygen atoms in total. The first-order chi connectivity index (χ1) is 18.9. The van der Waals surface area contributed by atoms with Gasteiger partial charge in [0.2, 0.25) is 11.8 Å². The van der Waals surface area contributed by atoms with Crippen molar-refractivity contribution in [2.75, 3.05) is 12.3 Å². The highest BCUT2D eigenvalue weighted by molar-refractivity contribution is 8.47. The number of phenols is 2. The molecule has 2 unspecified atom stereocenters. The van der Waals surface area contributed by atoms with Crippen LogP contribution in [-0.2, 0) is 16.0 Å². The van der Waals surface area contributed by atoms with Gasteiger partial charge in [-0.1, -0.05) is 87.6 Å². The number of thioether (sulfide) groups is 2. The zero-order chi connectivity index (χ0) is 29.7.